The number of halogens is 1. The quantitative estimate of drug-likeness (QED) is 0.827. The molecule has 5 heteroatoms. The van der Waals surface area contributed by atoms with Crippen LogP contribution in [-0.2, 0) is 11.4 Å². The van der Waals surface area contributed by atoms with Crippen LogP contribution in [0, 0.1) is 5.92 Å². The van der Waals surface area contributed by atoms with E-state index in [1.54, 1.807) is 23.1 Å². The van der Waals surface area contributed by atoms with Crippen molar-refractivity contribution in [2.45, 2.75) is 13.0 Å². The van der Waals surface area contributed by atoms with Crippen LogP contribution in [0.25, 0.3) is 0 Å². The number of nitrogens with zero attached hydrogens (tertiary/aromatic N) is 1. The third-order valence-corrected chi connectivity index (χ3v) is 3.80. The van der Waals surface area contributed by atoms with Crippen LogP contribution in [0.1, 0.15) is 12.0 Å². The van der Waals surface area contributed by atoms with E-state index in [4.69, 9.17) is 11.6 Å². The Labute approximate surface area is 111 Å². The van der Waals surface area contributed by atoms with E-state index in [-0.39, 0.29) is 18.4 Å². The van der Waals surface area contributed by atoms with Gasteiger partial charge in [-0.15, -0.1) is 0 Å². The second kappa shape index (κ2) is 5.29. The van der Waals surface area contributed by atoms with E-state index >= 15 is 0 Å². The van der Waals surface area contributed by atoms with Crippen molar-refractivity contribution < 1.29 is 9.90 Å². The van der Waals surface area contributed by atoms with Crippen molar-refractivity contribution in [3.8, 4) is 0 Å². The molecule has 0 radical (unpaired) electrons. The molecular formula is C12H14ClNO2S. The van der Waals surface area contributed by atoms with Crippen molar-refractivity contribution in [3.05, 3.63) is 28.8 Å². The van der Waals surface area contributed by atoms with Gasteiger partial charge in [-0.2, -0.15) is 12.6 Å². The van der Waals surface area contributed by atoms with Gasteiger partial charge in [-0.1, -0.05) is 23.7 Å². The standard InChI is InChI=1S/C12H14ClNO2S/c13-10-3-1-2-9(6-15)12(10)14-5-8(7-17)4-11(14)16/h1-3,8,15,17H,4-7H2. The monoisotopic (exact) mass is 271 g/mol. The van der Waals surface area contributed by atoms with Crippen molar-refractivity contribution in [2.75, 3.05) is 17.2 Å². The fourth-order valence-corrected chi connectivity index (χ4v) is 2.65. The fraction of sp³-hybridized carbons (Fsp3) is 0.417. The van der Waals surface area contributed by atoms with Crippen LogP contribution in [0.2, 0.25) is 5.02 Å². The largest absolute Gasteiger partial charge is 0.392 e. The number of amides is 1. The van der Waals surface area contributed by atoms with E-state index in [0.29, 0.717) is 35.0 Å². The molecule has 17 heavy (non-hydrogen) atoms. The minimum Gasteiger partial charge on any atom is -0.392 e. The molecule has 0 aliphatic carbocycles. The summed E-state index contributed by atoms with van der Waals surface area (Å²) in [6.45, 7) is 0.504. The van der Waals surface area contributed by atoms with Gasteiger partial charge in [0, 0.05) is 18.5 Å². The van der Waals surface area contributed by atoms with Crippen LogP contribution in [0.3, 0.4) is 0 Å². The molecule has 1 atom stereocenters. The summed E-state index contributed by atoms with van der Waals surface area (Å²) in [5.41, 5.74) is 1.33. The molecule has 1 aromatic rings. The normalized spacial score (nSPS) is 20.1. The summed E-state index contributed by atoms with van der Waals surface area (Å²) in [6.07, 6.45) is 0.500. The van der Waals surface area contributed by atoms with Crippen LogP contribution in [-0.4, -0.2) is 23.3 Å². The molecule has 3 nitrogen and oxygen atoms in total. The van der Waals surface area contributed by atoms with Crippen LogP contribution in [0.4, 0.5) is 5.69 Å². The lowest BCUT2D eigenvalue weighted by molar-refractivity contribution is -0.117. The van der Waals surface area contributed by atoms with Crippen LogP contribution in [0.5, 0.6) is 0 Å². The lowest BCUT2D eigenvalue weighted by Gasteiger charge is -2.21. The van der Waals surface area contributed by atoms with Gasteiger partial charge >= 0.3 is 0 Å². The van der Waals surface area contributed by atoms with E-state index in [0.717, 1.165) is 0 Å². The highest BCUT2D eigenvalue weighted by Gasteiger charge is 2.31. The molecule has 0 saturated carbocycles. The highest BCUT2D eigenvalue weighted by molar-refractivity contribution is 7.80. The lowest BCUT2D eigenvalue weighted by Crippen LogP contribution is -2.26. The van der Waals surface area contributed by atoms with Gasteiger partial charge in [0.25, 0.3) is 0 Å². The highest BCUT2D eigenvalue weighted by Crippen LogP contribution is 2.34. The maximum Gasteiger partial charge on any atom is 0.227 e. The summed E-state index contributed by atoms with van der Waals surface area (Å²) in [6, 6.07) is 5.29. The van der Waals surface area contributed by atoms with Gasteiger partial charge in [-0.05, 0) is 17.7 Å². The van der Waals surface area contributed by atoms with Gasteiger partial charge in [0.05, 0.1) is 17.3 Å². The molecule has 1 unspecified atom stereocenters. The Bertz CT molecular complexity index is 439. The summed E-state index contributed by atoms with van der Waals surface area (Å²) in [5, 5.41) is 9.81. The topological polar surface area (TPSA) is 40.5 Å². The highest BCUT2D eigenvalue weighted by atomic mass is 35.5. The molecule has 1 N–H and O–H groups in total. The zero-order valence-corrected chi connectivity index (χ0v) is 10.9. The molecular weight excluding hydrogens is 258 g/mol. The first-order chi connectivity index (χ1) is 8.17. The minimum absolute atomic E-state index is 0.0480. The molecule has 1 aliphatic rings. The number of carbonyl (C=O) groups excluding carboxylic acids is 1. The number of anilines is 1. The van der Waals surface area contributed by atoms with Gasteiger partial charge in [0.1, 0.15) is 0 Å². The molecule has 0 aromatic heterocycles. The number of aliphatic hydroxyl groups is 1. The van der Waals surface area contributed by atoms with Gasteiger partial charge < -0.3 is 10.0 Å². The average Bonchev–Trinajstić information content (AvgIpc) is 2.70. The van der Waals surface area contributed by atoms with E-state index in [1.165, 1.54) is 0 Å². The number of benzene rings is 1. The number of aliphatic hydroxyl groups excluding tert-OH is 1. The molecule has 1 aliphatic heterocycles. The summed E-state index contributed by atoms with van der Waals surface area (Å²) in [4.78, 5) is 13.6. The second-order valence-electron chi connectivity index (χ2n) is 4.16. The minimum atomic E-state index is -0.120. The molecule has 0 bridgehead atoms. The Hall–Kier alpha value is -0.710. The summed E-state index contributed by atoms with van der Waals surface area (Å²) in [7, 11) is 0. The van der Waals surface area contributed by atoms with Gasteiger partial charge in [-0.3, -0.25) is 4.79 Å². The second-order valence-corrected chi connectivity index (χ2v) is 4.94. The van der Waals surface area contributed by atoms with Crippen molar-refractivity contribution in [1.29, 1.82) is 0 Å². The molecule has 0 spiro atoms. The lowest BCUT2D eigenvalue weighted by atomic mass is 10.1. The Balaban J connectivity index is 2.37. The summed E-state index contributed by atoms with van der Waals surface area (Å²) in [5.74, 6) is 0.988. The number of carbonyl (C=O) groups is 1. The summed E-state index contributed by atoms with van der Waals surface area (Å²) >= 11 is 10.3. The Morgan fingerprint density at radius 2 is 2.29 bits per heavy atom. The van der Waals surface area contributed by atoms with Crippen LogP contribution in [0.15, 0.2) is 18.2 Å². The van der Waals surface area contributed by atoms with Crippen molar-refractivity contribution >= 4 is 35.8 Å². The maximum atomic E-state index is 11.9. The van der Waals surface area contributed by atoms with E-state index in [2.05, 4.69) is 12.6 Å². The molecule has 2 rings (SSSR count). The third kappa shape index (κ3) is 2.44. The Morgan fingerprint density at radius 1 is 1.53 bits per heavy atom. The van der Waals surface area contributed by atoms with Crippen molar-refractivity contribution in [3.63, 3.8) is 0 Å². The molecule has 1 fully saturated rings. The zero-order valence-electron chi connectivity index (χ0n) is 9.27. The number of thiol groups is 1. The first-order valence-corrected chi connectivity index (χ1v) is 6.48. The molecule has 92 valence electrons. The maximum absolute atomic E-state index is 11.9. The van der Waals surface area contributed by atoms with Crippen molar-refractivity contribution in [2.24, 2.45) is 5.92 Å². The Morgan fingerprint density at radius 3 is 2.88 bits per heavy atom. The molecule has 1 saturated heterocycles. The van der Waals surface area contributed by atoms with Gasteiger partial charge in [0.2, 0.25) is 5.91 Å². The number of hydrogen-bond donors (Lipinski definition) is 2. The van der Waals surface area contributed by atoms with Crippen molar-refractivity contribution in [1.82, 2.24) is 0 Å². The average molecular weight is 272 g/mol. The first kappa shape index (κ1) is 12.7. The molecule has 1 heterocycles. The zero-order chi connectivity index (χ0) is 12.4. The number of para-hydroxylation sites is 1. The Kier molecular flexibility index (Phi) is 3.97. The van der Waals surface area contributed by atoms with E-state index in [1.807, 2.05) is 0 Å². The predicted molar refractivity (Wildman–Crippen MR) is 71.7 cm³/mol. The fourth-order valence-electron chi connectivity index (χ4n) is 2.11. The van der Waals surface area contributed by atoms with E-state index in [9.17, 15) is 9.90 Å². The molecule has 1 aromatic carbocycles. The third-order valence-electron chi connectivity index (χ3n) is 2.97. The molecule has 1 amide bonds. The van der Waals surface area contributed by atoms with Gasteiger partial charge in [-0.25, -0.2) is 0 Å². The first-order valence-electron chi connectivity index (χ1n) is 5.46. The number of rotatable bonds is 3. The van der Waals surface area contributed by atoms with Crippen LogP contribution < -0.4 is 4.90 Å². The summed E-state index contributed by atoms with van der Waals surface area (Å²) < 4.78 is 0. The predicted octanol–water partition coefficient (Wildman–Crippen LogP) is 2.12. The van der Waals surface area contributed by atoms with Gasteiger partial charge in [0.15, 0.2) is 0 Å². The number of hydrogen-bond acceptors (Lipinski definition) is 3. The SMILES string of the molecule is O=C1CC(CS)CN1c1c(Cl)cccc1CO. The van der Waals surface area contributed by atoms with Crippen LogP contribution >= 0.6 is 24.2 Å². The van der Waals surface area contributed by atoms with E-state index < -0.39 is 0 Å². The smallest absolute Gasteiger partial charge is 0.227 e.